The van der Waals surface area contributed by atoms with Crippen LogP contribution in [0.25, 0.3) is 0 Å². The second-order valence-electron chi connectivity index (χ2n) is 5.17. The maximum atomic E-state index is 14.1. The van der Waals surface area contributed by atoms with Gasteiger partial charge in [-0.2, -0.15) is 4.31 Å². The van der Waals surface area contributed by atoms with Gasteiger partial charge in [0.2, 0.25) is 10.0 Å². The van der Waals surface area contributed by atoms with Crippen LogP contribution in [0.3, 0.4) is 0 Å². The molecule has 1 aromatic rings. The lowest BCUT2D eigenvalue weighted by molar-refractivity contribution is 0.375. The molecule has 2 rings (SSSR count). The van der Waals surface area contributed by atoms with Crippen LogP contribution in [-0.4, -0.2) is 46.0 Å². The fourth-order valence-corrected chi connectivity index (χ4v) is 4.68. The lowest BCUT2D eigenvalue weighted by Gasteiger charge is -2.25. The summed E-state index contributed by atoms with van der Waals surface area (Å²) in [5.74, 6) is -0.567. The van der Waals surface area contributed by atoms with Crippen LogP contribution in [0.1, 0.15) is 18.4 Å². The first-order chi connectivity index (χ1) is 9.93. The average Bonchev–Trinajstić information content (AvgIpc) is 2.91. The molecule has 0 aliphatic carbocycles. The number of likely N-dealkylation sites (N-methyl/N-ethyl adjacent to an activating group) is 1. The van der Waals surface area contributed by atoms with E-state index >= 15 is 0 Å². The molecule has 1 unspecified atom stereocenters. The van der Waals surface area contributed by atoms with Crippen LogP contribution in [0.5, 0.6) is 5.75 Å². The maximum absolute atomic E-state index is 14.1. The van der Waals surface area contributed by atoms with Gasteiger partial charge in [-0.1, -0.05) is 0 Å². The van der Waals surface area contributed by atoms with Crippen molar-refractivity contribution in [2.24, 2.45) is 0 Å². The Labute approximate surface area is 125 Å². The van der Waals surface area contributed by atoms with Crippen LogP contribution >= 0.6 is 0 Å². The van der Waals surface area contributed by atoms with E-state index in [2.05, 4.69) is 5.32 Å². The topological polar surface area (TPSA) is 58.6 Å². The summed E-state index contributed by atoms with van der Waals surface area (Å²) < 4.78 is 46.0. The summed E-state index contributed by atoms with van der Waals surface area (Å²) in [6.45, 7) is 2.53. The number of sulfonamides is 1. The maximum Gasteiger partial charge on any atom is 0.243 e. The average molecular weight is 316 g/mol. The van der Waals surface area contributed by atoms with Crippen molar-refractivity contribution in [1.29, 1.82) is 0 Å². The van der Waals surface area contributed by atoms with Gasteiger partial charge in [-0.15, -0.1) is 0 Å². The minimum absolute atomic E-state index is 0.0174. The van der Waals surface area contributed by atoms with Crippen molar-refractivity contribution in [2.45, 2.75) is 30.7 Å². The Morgan fingerprint density at radius 1 is 1.48 bits per heavy atom. The molecule has 0 amide bonds. The fourth-order valence-electron chi connectivity index (χ4n) is 2.77. The predicted octanol–water partition coefficient (Wildman–Crippen LogP) is 1.52. The number of benzene rings is 1. The standard InChI is InChI=1S/C14H21FN2O3S/c1-10-13(7-6-12(20-3)14(10)15)21(18,19)17-8-4-5-11(17)9-16-2/h6-7,11,16H,4-5,8-9H2,1-3H3. The summed E-state index contributed by atoms with van der Waals surface area (Å²) in [7, 11) is -0.541. The van der Waals surface area contributed by atoms with Crippen LogP contribution in [0.15, 0.2) is 17.0 Å². The quantitative estimate of drug-likeness (QED) is 0.895. The number of nitrogens with zero attached hydrogens (tertiary/aromatic N) is 1. The van der Waals surface area contributed by atoms with Crippen LogP contribution in [0.4, 0.5) is 4.39 Å². The Morgan fingerprint density at radius 2 is 2.19 bits per heavy atom. The molecular weight excluding hydrogens is 295 g/mol. The summed E-state index contributed by atoms with van der Waals surface area (Å²) in [6, 6.07) is 2.70. The first kappa shape index (κ1) is 16.2. The van der Waals surface area contributed by atoms with Gasteiger partial charge in [0.05, 0.1) is 12.0 Å². The highest BCUT2D eigenvalue weighted by Gasteiger charge is 2.36. The Morgan fingerprint density at radius 3 is 2.81 bits per heavy atom. The van der Waals surface area contributed by atoms with Gasteiger partial charge in [0, 0.05) is 24.7 Å². The van der Waals surface area contributed by atoms with Crippen molar-refractivity contribution in [2.75, 3.05) is 27.2 Å². The Bertz CT molecular complexity index is 619. The highest BCUT2D eigenvalue weighted by atomic mass is 32.2. The molecule has 1 heterocycles. The normalized spacial score (nSPS) is 19.9. The van der Waals surface area contributed by atoms with E-state index < -0.39 is 15.8 Å². The number of hydrogen-bond acceptors (Lipinski definition) is 4. The number of nitrogens with one attached hydrogen (secondary N) is 1. The molecule has 1 atom stereocenters. The fraction of sp³-hybridized carbons (Fsp3) is 0.571. The zero-order valence-electron chi connectivity index (χ0n) is 12.5. The third-order valence-electron chi connectivity index (χ3n) is 3.87. The molecule has 118 valence electrons. The molecule has 0 bridgehead atoms. The second-order valence-corrected chi connectivity index (χ2v) is 7.03. The molecule has 1 fully saturated rings. The first-order valence-electron chi connectivity index (χ1n) is 6.93. The van der Waals surface area contributed by atoms with E-state index in [0.717, 1.165) is 12.8 Å². The van der Waals surface area contributed by atoms with E-state index in [4.69, 9.17) is 4.74 Å². The van der Waals surface area contributed by atoms with Crippen molar-refractivity contribution >= 4 is 10.0 Å². The van der Waals surface area contributed by atoms with E-state index in [0.29, 0.717) is 13.1 Å². The third kappa shape index (κ3) is 2.90. The van der Waals surface area contributed by atoms with Crippen molar-refractivity contribution in [1.82, 2.24) is 9.62 Å². The van der Waals surface area contributed by atoms with Gasteiger partial charge in [-0.25, -0.2) is 12.8 Å². The predicted molar refractivity (Wildman–Crippen MR) is 78.5 cm³/mol. The van der Waals surface area contributed by atoms with Gasteiger partial charge in [-0.05, 0) is 38.9 Å². The Balaban J connectivity index is 2.42. The first-order valence-corrected chi connectivity index (χ1v) is 8.37. The molecule has 21 heavy (non-hydrogen) atoms. The highest BCUT2D eigenvalue weighted by Crippen LogP contribution is 2.31. The van der Waals surface area contributed by atoms with Crippen LogP contribution in [0, 0.1) is 12.7 Å². The number of halogens is 1. The van der Waals surface area contributed by atoms with E-state index in [1.165, 1.54) is 30.5 Å². The van der Waals surface area contributed by atoms with Crippen molar-refractivity contribution in [3.05, 3.63) is 23.5 Å². The van der Waals surface area contributed by atoms with E-state index in [9.17, 15) is 12.8 Å². The minimum Gasteiger partial charge on any atom is -0.494 e. The third-order valence-corrected chi connectivity index (χ3v) is 5.97. The second kappa shape index (κ2) is 6.29. The van der Waals surface area contributed by atoms with E-state index in [1.54, 1.807) is 7.05 Å². The zero-order valence-corrected chi connectivity index (χ0v) is 13.3. The molecule has 0 spiro atoms. The summed E-state index contributed by atoms with van der Waals surface area (Å²) in [6.07, 6.45) is 1.64. The molecule has 1 N–H and O–H groups in total. The molecule has 0 radical (unpaired) electrons. The van der Waals surface area contributed by atoms with Crippen LogP contribution in [-0.2, 0) is 10.0 Å². The molecule has 1 aliphatic heterocycles. The van der Waals surface area contributed by atoms with Gasteiger partial charge < -0.3 is 10.1 Å². The molecule has 7 heteroatoms. The molecular formula is C14H21FN2O3S. The summed E-state index contributed by atoms with van der Waals surface area (Å²) in [5, 5.41) is 3.01. The number of hydrogen-bond donors (Lipinski definition) is 1. The van der Waals surface area contributed by atoms with Crippen molar-refractivity contribution in [3.8, 4) is 5.75 Å². The molecule has 0 saturated carbocycles. The molecule has 5 nitrogen and oxygen atoms in total. The SMILES string of the molecule is CNCC1CCCN1S(=O)(=O)c1ccc(OC)c(F)c1C. The lowest BCUT2D eigenvalue weighted by atomic mass is 10.2. The summed E-state index contributed by atoms with van der Waals surface area (Å²) >= 11 is 0. The lowest BCUT2D eigenvalue weighted by Crippen LogP contribution is -2.41. The smallest absolute Gasteiger partial charge is 0.243 e. The number of ether oxygens (including phenoxy) is 1. The Hall–Kier alpha value is -1.18. The monoisotopic (exact) mass is 316 g/mol. The van der Waals surface area contributed by atoms with Crippen molar-refractivity contribution in [3.63, 3.8) is 0 Å². The Kier molecular flexibility index (Phi) is 4.85. The number of rotatable bonds is 5. The van der Waals surface area contributed by atoms with Crippen molar-refractivity contribution < 1.29 is 17.5 Å². The zero-order chi connectivity index (χ0) is 15.6. The van der Waals surface area contributed by atoms with E-state index in [1.807, 2.05) is 0 Å². The number of methoxy groups -OCH3 is 1. The summed E-state index contributed by atoms with van der Waals surface area (Å²) in [4.78, 5) is 0.0174. The summed E-state index contributed by atoms with van der Waals surface area (Å²) in [5.41, 5.74) is 0.101. The van der Waals surface area contributed by atoms with Crippen LogP contribution < -0.4 is 10.1 Å². The van der Waals surface area contributed by atoms with E-state index in [-0.39, 0.29) is 22.3 Å². The van der Waals surface area contributed by atoms with Gasteiger partial charge >= 0.3 is 0 Å². The molecule has 1 aliphatic rings. The van der Waals surface area contributed by atoms with Crippen LogP contribution in [0.2, 0.25) is 0 Å². The van der Waals surface area contributed by atoms with Gasteiger partial charge in [0.15, 0.2) is 11.6 Å². The van der Waals surface area contributed by atoms with Gasteiger partial charge in [0.1, 0.15) is 0 Å². The molecule has 1 saturated heterocycles. The molecule has 1 aromatic carbocycles. The highest BCUT2D eigenvalue weighted by molar-refractivity contribution is 7.89. The largest absolute Gasteiger partial charge is 0.494 e. The van der Waals surface area contributed by atoms with Gasteiger partial charge in [0.25, 0.3) is 0 Å². The minimum atomic E-state index is -3.69. The molecule has 0 aromatic heterocycles. The van der Waals surface area contributed by atoms with Gasteiger partial charge in [-0.3, -0.25) is 0 Å².